The van der Waals surface area contributed by atoms with Crippen molar-refractivity contribution in [3.05, 3.63) is 22.4 Å². The van der Waals surface area contributed by atoms with Crippen molar-refractivity contribution >= 4 is 11.3 Å². The number of ether oxygens (including phenoxy) is 1. The Balaban J connectivity index is 2.24. The molecule has 0 aliphatic heterocycles. The van der Waals surface area contributed by atoms with Crippen LogP contribution in [0.2, 0.25) is 0 Å². The first-order valence-corrected chi connectivity index (χ1v) is 7.78. The Morgan fingerprint density at radius 1 is 1.39 bits per heavy atom. The number of thiophene rings is 1. The largest absolute Gasteiger partial charge is 0.377 e. The summed E-state index contributed by atoms with van der Waals surface area (Å²) in [4.78, 5) is 1.41. The van der Waals surface area contributed by atoms with Gasteiger partial charge >= 0.3 is 0 Å². The van der Waals surface area contributed by atoms with Crippen molar-refractivity contribution in [2.24, 2.45) is 0 Å². The maximum absolute atomic E-state index is 6.00. The van der Waals surface area contributed by atoms with Crippen molar-refractivity contribution < 1.29 is 4.74 Å². The molecule has 0 amide bonds. The highest BCUT2D eigenvalue weighted by Crippen LogP contribution is 2.11. The summed E-state index contributed by atoms with van der Waals surface area (Å²) in [5.41, 5.74) is 0.170. The fraction of sp³-hybridized carbons (Fsp3) is 0.733. The molecule has 0 bridgehead atoms. The van der Waals surface area contributed by atoms with Crippen LogP contribution >= 0.6 is 11.3 Å². The number of nitrogens with one attached hydrogen (secondary N) is 1. The summed E-state index contributed by atoms with van der Waals surface area (Å²) in [5, 5.41) is 5.65. The highest BCUT2D eigenvalue weighted by atomic mass is 32.1. The third kappa shape index (κ3) is 7.14. The number of rotatable bonds is 8. The average molecular weight is 269 g/mol. The van der Waals surface area contributed by atoms with E-state index in [2.05, 4.69) is 50.5 Å². The molecular weight excluding hydrogens is 242 g/mol. The monoisotopic (exact) mass is 269 g/mol. The van der Waals surface area contributed by atoms with E-state index in [4.69, 9.17) is 4.74 Å². The Hall–Kier alpha value is -0.380. The molecule has 1 unspecified atom stereocenters. The van der Waals surface area contributed by atoms with E-state index in [0.29, 0.717) is 6.10 Å². The maximum Gasteiger partial charge on any atom is 0.0699 e. The van der Waals surface area contributed by atoms with E-state index in [1.807, 2.05) is 11.3 Å². The zero-order chi connectivity index (χ0) is 13.4. The predicted molar refractivity (Wildman–Crippen MR) is 80.4 cm³/mol. The first-order valence-electron chi connectivity index (χ1n) is 6.90. The van der Waals surface area contributed by atoms with Gasteiger partial charge in [0, 0.05) is 23.4 Å². The lowest BCUT2D eigenvalue weighted by atomic mass is 10.1. The Morgan fingerprint density at radius 3 is 2.72 bits per heavy atom. The van der Waals surface area contributed by atoms with E-state index in [9.17, 15) is 0 Å². The molecule has 0 aliphatic carbocycles. The van der Waals surface area contributed by atoms with Gasteiger partial charge in [-0.15, -0.1) is 11.3 Å². The van der Waals surface area contributed by atoms with Crippen molar-refractivity contribution in [3.63, 3.8) is 0 Å². The third-order valence-corrected chi connectivity index (χ3v) is 3.69. The number of hydrogen-bond acceptors (Lipinski definition) is 3. The molecule has 1 rings (SSSR count). The van der Waals surface area contributed by atoms with Gasteiger partial charge in [-0.1, -0.05) is 19.4 Å². The molecule has 0 saturated heterocycles. The van der Waals surface area contributed by atoms with Crippen LogP contribution in [0, 0.1) is 0 Å². The minimum Gasteiger partial charge on any atom is -0.377 e. The summed E-state index contributed by atoms with van der Waals surface area (Å²) in [5.74, 6) is 0. The molecule has 0 saturated carbocycles. The van der Waals surface area contributed by atoms with Crippen LogP contribution in [-0.4, -0.2) is 24.8 Å². The molecule has 1 atom stereocenters. The molecule has 0 aliphatic rings. The summed E-state index contributed by atoms with van der Waals surface area (Å²) in [6.45, 7) is 10.6. The maximum atomic E-state index is 6.00. The van der Waals surface area contributed by atoms with E-state index < -0.39 is 0 Å². The molecule has 0 radical (unpaired) electrons. The van der Waals surface area contributed by atoms with Crippen LogP contribution in [0.4, 0.5) is 0 Å². The number of hydrogen-bond donors (Lipinski definition) is 1. The summed E-state index contributed by atoms with van der Waals surface area (Å²) in [7, 11) is 0. The first kappa shape index (κ1) is 15.7. The Kier molecular flexibility index (Phi) is 6.90. The third-order valence-electron chi connectivity index (χ3n) is 2.75. The molecule has 1 N–H and O–H groups in total. The summed E-state index contributed by atoms with van der Waals surface area (Å²) >= 11 is 1.81. The molecule has 2 nitrogen and oxygen atoms in total. The fourth-order valence-electron chi connectivity index (χ4n) is 1.77. The predicted octanol–water partition coefficient (Wildman–Crippen LogP) is 3.86. The standard InChI is InChI=1S/C15H27NOS/c1-5-7-13(12-16-15(2,3)4)17-10-9-14-8-6-11-18-14/h6,8,11,13,16H,5,7,9-10,12H2,1-4H3. The molecule has 1 aromatic rings. The highest BCUT2D eigenvalue weighted by molar-refractivity contribution is 7.09. The van der Waals surface area contributed by atoms with Gasteiger partial charge in [0.05, 0.1) is 12.7 Å². The second-order valence-electron chi connectivity index (χ2n) is 5.74. The molecule has 0 spiro atoms. The Bertz CT molecular complexity index is 303. The van der Waals surface area contributed by atoms with Gasteiger partial charge in [0.25, 0.3) is 0 Å². The summed E-state index contributed by atoms with van der Waals surface area (Å²) in [6, 6.07) is 4.28. The second-order valence-corrected chi connectivity index (χ2v) is 6.77. The van der Waals surface area contributed by atoms with E-state index >= 15 is 0 Å². The SMILES string of the molecule is CCCC(CNC(C)(C)C)OCCc1cccs1. The molecule has 0 fully saturated rings. The minimum absolute atomic E-state index is 0.170. The summed E-state index contributed by atoms with van der Waals surface area (Å²) < 4.78 is 6.00. The molecule has 0 aromatic carbocycles. The second kappa shape index (κ2) is 7.93. The zero-order valence-corrected chi connectivity index (χ0v) is 13.0. The Labute approximate surface area is 116 Å². The van der Waals surface area contributed by atoms with Gasteiger partial charge in [-0.3, -0.25) is 0 Å². The lowest BCUT2D eigenvalue weighted by Crippen LogP contribution is -2.41. The van der Waals surface area contributed by atoms with Crippen LogP contribution in [-0.2, 0) is 11.2 Å². The van der Waals surface area contributed by atoms with Gasteiger partial charge < -0.3 is 10.1 Å². The van der Waals surface area contributed by atoms with Gasteiger partial charge in [-0.25, -0.2) is 0 Å². The van der Waals surface area contributed by atoms with E-state index in [0.717, 1.165) is 26.0 Å². The molecule has 1 heterocycles. The van der Waals surface area contributed by atoms with E-state index in [1.165, 1.54) is 11.3 Å². The van der Waals surface area contributed by atoms with Crippen molar-refractivity contribution in [2.75, 3.05) is 13.2 Å². The lowest BCUT2D eigenvalue weighted by molar-refractivity contribution is 0.0452. The highest BCUT2D eigenvalue weighted by Gasteiger charge is 2.14. The molecule has 3 heteroatoms. The van der Waals surface area contributed by atoms with E-state index in [-0.39, 0.29) is 5.54 Å². The topological polar surface area (TPSA) is 21.3 Å². The first-order chi connectivity index (χ1) is 8.51. The van der Waals surface area contributed by atoms with Crippen molar-refractivity contribution in [1.29, 1.82) is 0 Å². The average Bonchev–Trinajstić information content (AvgIpc) is 2.78. The van der Waals surface area contributed by atoms with Crippen LogP contribution in [0.25, 0.3) is 0 Å². The van der Waals surface area contributed by atoms with Crippen LogP contribution in [0.1, 0.15) is 45.4 Å². The van der Waals surface area contributed by atoms with Gasteiger partial charge in [0.2, 0.25) is 0 Å². The normalized spacial score (nSPS) is 13.8. The molecule has 104 valence electrons. The van der Waals surface area contributed by atoms with E-state index in [1.54, 1.807) is 0 Å². The molecular formula is C15H27NOS. The van der Waals surface area contributed by atoms with Gasteiger partial charge in [0.1, 0.15) is 0 Å². The van der Waals surface area contributed by atoms with Crippen molar-refractivity contribution in [1.82, 2.24) is 5.32 Å². The van der Waals surface area contributed by atoms with Crippen LogP contribution in [0.5, 0.6) is 0 Å². The Morgan fingerprint density at radius 2 is 2.17 bits per heavy atom. The quantitative estimate of drug-likeness (QED) is 0.773. The van der Waals surface area contributed by atoms with Gasteiger partial charge in [0.15, 0.2) is 0 Å². The van der Waals surface area contributed by atoms with Crippen LogP contribution < -0.4 is 5.32 Å². The minimum atomic E-state index is 0.170. The summed E-state index contributed by atoms with van der Waals surface area (Å²) in [6.07, 6.45) is 3.69. The van der Waals surface area contributed by atoms with Crippen molar-refractivity contribution in [3.8, 4) is 0 Å². The van der Waals surface area contributed by atoms with Crippen LogP contribution in [0.3, 0.4) is 0 Å². The smallest absolute Gasteiger partial charge is 0.0699 e. The van der Waals surface area contributed by atoms with Gasteiger partial charge in [-0.2, -0.15) is 0 Å². The zero-order valence-electron chi connectivity index (χ0n) is 12.2. The molecule has 1 aromatic heterocycles. The van der Waals surface area contributed by atoms with Crippen molar-refractivity contribution in [2.45, 2.75) is 58.6 Å². The molecule has 18 heavy (non-hydrogen) atoms. The fourth-order valence-corrected chi connectivity index (χ4v) is 2.46. The van der Waals surface area contributed by atoms with Gasteiger partial charge in [-0.05, 0) is 38.6 Å². The van der Waals surface area contributed by atoms with Crippen LogP contribution in [0.15, 0.2) is 17.5 Å². The lowest BCUT2D eigenvalue weighted by Gasteiger charge is -2.25.